The lowest BCUT2D eigenvalue weighted by molar-refractivity contribution is -0.160. The van der Waals surface area contributed by atoms with Crippen molar-refractivity contribution < 1.29 is 37.6 Å². The number of aliphatic carboxylic acids is 1. The molecule has 3 aliphatic heterocycles. The van der Waals surface area contributed by atoms with E-state index in [1.807, 2.05) is 39.8 Å². The van der Waals surface area contributed by atoms with E-state index in [2.05, 4.69) is 11.8 Å². The number of piperidine rings is 1. The minimum Gasteiger partial charge on any atom is -0.490 e. The second kappa shape index (κ2) is 13.0. The number of hydrogen-bond donors (Lipinski definition) is 1. The van der Waals surface area contributed by atoms with E-state index in [9.17, 15) is 18.7 Å². The number of aromatic nitrogens is 3. The fourth-order valence-electron chi connectivity index (χ4n) is 5.72. The SMILES string of the molecule is Cc1nc2cc3nn2c(c1[C@H](OC(C)(C)C)C(=O)O)N1CCC(C)(CC1)OCC=CC[C@H](C)Oc1cc(F)cc(F)c1COC3. The van der Waals surface area contributed by atoms with Crippen LogP contribution in [0.5, 0.6) is 5.75 Å². The second-order valence-corrected chi connectivity index (χ2v) is 13.0. The number of nitrogens with zero attached hydrogens (tertiary/aromatic N) is 4. The molecule has 1 saturated heterocycles. The molecule has 6 rings (SSSR count). The number of aryl methyl sites for hydroxylation is 1. The highest BCUT2D eigenvalue weighted by molar-refractivity contribution is 5.78. The first kappa shape index (κ1) is 32.8. The number of carboxylic acids is 1. The van der Waals surface area contributed by atoms with Crippen LogP contribution >= 0.6 is 0 Å². The Balaban J connectivity index is 1.58. The minimum absolute atomic E-state index is 0.00150. The van der Waals surface area contributed by atoms with Gasteiger partial charge in [0.15, 0.2) is 11.8 Å². The Morgan fingerprint density at radius 3 is 2.58 bits per heavy atom. The molecule has 1 N–H and O–H groups in total. The first-order valence-electron chi connectivity index (χ1n) is 15.3. The highest BCUT2D eigenvalue weighted by Crippen LogP contribution is 2.38. The lowest BCUT2D eigenvalue weighted by Gasteiger charge is -2.41. The number of fused-ring (bicyclic) bond motifs is 9. The largest absolute Gasteiger partial charge is 0.490 e. The van der Waals surface area contributed by atoms with E-state index in [1.54, 1.807) is 17.5 Å². The van der Waals surface area contributed by atoms with E-state index >= 15 is 0 Å². The molecule has 45 heavy (non-hydrogen) atoms. The summed E-state index contributed by atoms with van der Waals surface area (Å²) < 4.78 is 54.9. The van der Waals surface area contributed by atoms with Crippen LogP contribution in [0.15, 0.2) is 30.4 Å². The van der Waals surface area contributed by atoms with Crippen LogP contribution in [0, 0.1) is 18.6 Å². The van der Waals surface area contributed by atoms with E-state index in [0.717, 1.165) is 12.1 Å². The van der Waals surface area contributed by atoms with Gasteiger partial charge in [0, 0.05) is 43.4 Å². The number of anilines is 1. The lowest BCUT2D eigenvalue weighted by atomic mass is 9.92. The molecule has 2 aromatic heterocycles. The van der Waals surface area contributed by atoms with Crippen LogP contribution in [0.1, 0.15) is 82.5 Å². The fraction of sp³-hybridized carbons (Fsp3) is 0.545. The van der Waals surface area contributed by atoms with Crippen molar-refractivity contribution in [2.75, 3.05) is 24.6 Å². The number of rotatable bonds is 3. The summed E-state index contributed by atoms with van der Waals surface area (Å²) in [5.74, 6) is -1.97. The standard InChI is InChI=1S/C33H42F2N4O6/c1-20-9-7-8-14-43-33(6)10-12-38(13-11-33)30-28(29(31(40)41)45-32(3,4)5)21(2)36-27-17-23(37-39(27)30)18-42-19-24-25(35)15-22(34)16-26(24)44-20/h7-8,15-17,20,29H,9-14,18-19H2,1-6H3,(H,40,41)/t20-,29-/m0/s1. The van der Waals surface area contributed by atoms with Crippen LogP contribution in [0.3, 0.4) is 0 Å². The Labute approximate surface area is 261 Å². The number of halogens is 2. The molecule has 0 aliphatic carbocycles. The quantitative estimate of drug-likeness (QED) is 0.346. The van der Waals surface area contributed by atoms with Crippen molar-refractivity contribution in [2.24, 2.45) is 0 Å². The van der Waals surface area contributed by atoms with Gasteiger partial charge in [0.25, 0.3) is 0 Å². The van der Waals surface area contributed by atoms with E-state index in [1.165, 1.54) is 0 Å². The van der Waals surface area contributed by atoms with Gasteiger partial charge in [-0.2, -0.15) is 9.61 Å². The summed E-state index contributed by atoms with van der Waals surface area (Å²) in [6.45, 7) is 12.5. The van der Waals surface area contributed by atoms with Crippen molar-refractivity contribution in [3.63, 3.8) is 0 Å². The van der Waals surface area contributed by atoms with E-state index in [-0.39, 0.29) is 30.6 Å². The molecule has 0 unspecified atom stereocenters. The third kappa shape index (κ3) is 7.62. The first-order chi connectivity index (χ1) is 21.2. The van der Waals surface area contributed by atoms with Gasteiger partial charge in [-0.05, 0) is 54.4 Å². The van der Waals surface area contributed by atoms with E-state index < -0.39 is 34.9 Å². The van der Waals surface area contributed by atoms with Gasteiger partial charge in [0.2, 0.25) is 0 Å². The molecule has 5 heterocycles. The van der Waals surface area contributed by atoms with Crippen molar-refractivity contribution in [1.82, 2.24) is 14.6 Å². The van der Waals surface area contributed by atoms with Crippen LogP contribution in [-0.2, 0) is 32.2 Å². The number of carbonyl (C=O) groups is 1. The predicted molar refractivity (Wildman–Crippen MR) is 163 cm³/mol. The molecule has 12 heteroatoms. The Hall–Kier alpha value is -3.61. The molecule has 0 radical (unpaired) electrons. The van der Waals surface area contributed by atoms with Crippen LogP contribution in [0.25, 0.3) is 5.65 Å². The zero-order valence-electron chi connectivity index (χ0n) is 26.7. The van der Waals surface area contributed by atoms with Crippen molar-refractivity contribution in [3.05, 3.63) is 64.5 Å². The number of hydrogen-bond acceptors (Lipinski definition) is 8. The first-order valence-corrected chi connectivity index (χ1v) is 15.3. The summed E-state index contributed by atoms with van der Waals surface area (Å²) in [6.07, 6.45) is 4.14. The zero-order valence-corrected chi connectivity index (χ0v) is 26.7. The number of ether oxygens (including phenoxy) is 4. The highest BCUT2D eigenvalue weighted by atomic mass is 19.1. The van der Waals surface area contributed by atoms with Gasteiger partial charge in [0.1, 0.15) is 23.2 Å². The third-order valence-corrected chi connectivity index (χ3v) is 8.04. The molecule has 0 amide bonds. The molecular weight excluding hydrogens is 586 g/mol. The molecule has 1 fully saturated rings. The summed E-state index contributed by atoms with van der Waals surface area (Å²) in [5.41, 5.74) is 0.925. The van der Waals surface area contributed by atoms with Gasteiger partial charge in [-0.15, -0.1) is 0 Å². The number of carboxylic acid groups (broad SMARTS) is 1. The van der Waals surface area contributed by atoms with Crippen LogP contribution in [0.2, 0.25) is 0 Å². The van der Waals surface area contributed by atoms with Gasteiger partial charge in [-0.3, -0.25) is 0 Å². The van der Waals surface area contributed by atoms with Gasteiger partial charge >= 0.3 is 5.97 Å². The molecule has 1 aromatic carbocycles. The fourth-order valence-corrected chi connectivity index (χ4v) is 5.72. The molecule has 2 atom stereocenters. The van der Waals surface area contributed by atoms with Crippen molar-refractivity contribution in [3.8, 4) is 5.75 Å². The van der Waals surface area contributed by atoms with Gasteiger partial charge in [-0.1, -0.05) is 12.2 Å². The minimum atomic E-state index is -1.29. The summed E-state index contributed by atoms with van der Waals surface area (Å²) in [5, 5.41) is 15.1. The lowest BCUT2D eigenvalue weighted by Crippen LogP contribution is -2.45. The molecular formula is C33H42F2N4O6. The zero-order chi connectivity index (χ0) is 32.5. The molecule has 3 aliphatic rings. The normalized spacial score (nSPS) is 22.3. The van der Waals surface area contributed by atoms with Crippen LogP contribution in [0.4, 0.5) is 14.6 Å². The van der Waals surface area contributed by atoms with Gasteiger partial charge in [0.05, 0.1) is 53.9 Å². The summed E-state index contributed by atoms with van der Waals surface area (Å²) >= 11 is 0. The Kier molecular flexibility index (Phi) is 9.48. The number of benzene rings is 1. The van der Waals surface area contributed by atoms with Crippen molar-refractivity contribution >= 4 is 17.4 Å². The monoisotopic (exact) mass is 628 g/mol. The van der Waals surface area contributed by atoms with E-state index in [4.69, 9.17) is 29.0 Å². The van der Waals surface area contributed by atoms with Gasteiger partial charge in [-0.25, -0.2) is 18.6 Å². The maximum atomic E-state index is 14.9. The molecule has 10 nitrogen and oxygen atoms in total. The Bertz CT molecular complexity index is 1580. The molecule has 4 bridgehead atoms. The topological polar surface area (TPSA) is 108 Å². The Morgan fingerprint density at radius 2 is 1.89 bits per heavy atom. The van der Waals surface area contributed by atoms with Gasteiger partial charge < -0.3 is 29.0 Å². The molecule has 244 valence electrons. The van der Waals surface area contributed by atoms with E-state index in [0.29, 0.717) is 67.4 Å². The maximum absolute atomic E-state index is 14.9. The average Bonchev–Trinajstić information content (AvgIpc) is 3.34. The molecule has 0 saturated carbocycles. The Morgan fingerprint density at radius 1 is 1.16 bits per heavy atom. The van der Waals surface area contributed by atoms with Crippen LogP contribution in [-0.4, -0.2) is 62.7 Å². The highest BCUT2D eigenvalue weighted by Gasteiger charge is 2.37. The average molecular weight is 629 g/mol. The summed E-state index contributed by atoms with van der Waals surface area (Å²) in [6, 6.07) is 3.72. The summed E-state index contributed by atoms with van der Waals surface area (Å²) in [7, 11) is 0. The van der Waals surface area contributed by atoms with Crippen molar-refractivity contribution in [1.29, 1.82) is 0 Å². The van der Waals surface area contributed by atoms with Crippen molar-refractivity contribution in [2.45, 2.75) is 97.4 Å². The maximum Gasteiger partial charge on any atom is 0.337 e. The molecule has 3 aromatic rings. The third-order valence-electron chi connectivity index (χ3n) is 8.04. The predicted octanol–water partition coefficient (Wildman–Crippen LogP) is 6.08. The summed E-state index contributed by atoms with van der Waals surface area (Å²) in [4.78, 5) is 19.5. The molecule has 0 spiro atoms. The second-order valence-electron chi connectivity index (χ2n) is 13.0. The smallest absolute Gasteiger partial charge is 0.337 e. The van der Waals surface area contributed by atoms with Crippen LogP contribution < -0.4 is 9.64 Å².